The first kappa shape index (κ1) is 22.3. The molecule has 9 heteroatoms. The molecule has 0 spiro atoms. The van der Waals surface area contributed by atoms with Crippen molar-refractivity contribution in [2.24, 2.45) is 0 Å². The number of amides is 1. The third-order valence-corrected chi connectivity index (χ3v) is 8.05. The van der Waals surface area contributed by atoms with Gasteiger partial charge in [-0.3, -0.25) is 14.2 Å². The van der Waals surface area contributed by atoms with Crippen LogP contribution in [0.15, 0.2) is 77.2 Å². The van der Waals surface area contributed by atoms with Gasteiger partial charge in [-0.1, -0.05) is 48.2 Å². The Morgan fingerprint density at radius 3 is 2.59 bits per heavy atom. The Morgan fingerprint density at radius 1 is 1.19 bits per heavy atom. The number of nitrogens with zero attached hydrogens (tertiary/aromatic N) is 3. The first-order chi connectivity index (χ1) is 15.4. The molecule has 0 aliphatic carbocycles. The van der Waals surface area contributed by atoms with Crippen LogP contribution < -0.4 is 10.5 Å². The maximum absolute atomic E-state index is 13.3. The molecule has 4 rings (SSSR count). The number of allylic oxidation sites excluding steroid dienone is 1. The standard InChI is InChI=1S/C23H23N3O4S2/c1-2-13-25-22(28)19-10-6-7-11-20(19)24-23(25)31-15-21(27)26(17-8-4-3-5-9-17)18-12-14-32(29,30)16-18/h2-11,18H,1,12-16H2. The second kappa shape index (κ2) is 9.30. The molecule has 3 aromatic rings. The highest BCUT2D eigenvalue weighted by Gasteiger charge is 2.35. The van der Waals surface area contributed by atoms with Gasteiger partial charge < -0.3 is 4.90 Å². The molecule has 1 aliphatic rings. The number of hydrogen-bond donors (Lipinski definition) is 0. The van der Waals surface area contributed by atoms with Crippen LogP contribution in [0.3, 0.4) is 0 Å². The van der Waals surface area contributed by atoms with Crippen molar-refractivity contribution in [3.63, 3.8) is 0 Å². The lowest BCUT2D eigenvalue weighted by molar-refractivity contribution is -0.116. The van der Waals surface area contributed by atoms with Crippen LogP contribution in [0.4, 0.5) is 5.69 Å². The van der Waals surface area contributed by atoms with Gasteiger partial charge in [0.1, 0.15) is 0 Å². The fourth-order valence-corrected chi connectivity index (χ4v) is 6.44. The Balaban J connectivity index is 1.63. The molecule has 1 saturated heterocycles. The highest BCUT2D eigenvalue weighted by molar-refractivity contribution is 7.99. The van der Waals surface area contributed by atoms with E-state index in [2.05, 4.69) is 11.6 Å². The minimum absolute atomic E-state index is 0.0212. The molecule has 1 amide bonds. The third kappa shape index (κ3) is 4.63. The van der Waals surface area contributed by atoms with Gasteiger partial charge in [0.15, 0.2) is 15.0 Å². The first-order valence-electron chi connectivity index (χ1n) is 10.2. The van der Waals surface area contributed by atoms with Crippen LogP contribution in [0.5, 0.6) is 0 Å². The number of para-hydroxylation sites is 2. The van der Waals surface area contributed by atoms with Gasteiger partial charge in [0.2, 0.25) is 5.91 Å². The highest BCUT2D eigenvalue weighted by Crippen LogP contribution is 2.26. The molecule has 32 heavy (non-hydrogen) atoms. The topological polar surface area (TPSA) is 89.3 Å². The van der Waals surface area contributed by atoms with E-state index in [4.69, 9.17) is 0 Å². The number of hydrogen-bond acceptors (Lipinski definition) is 6. The summed E-state index contributed by atoms with van der Waals surface area (Å²) in [4.78, 5) is 32.4. The van der Waals surface area contributed by atoms with Crippen LogP contribution in [0, 0.1) is 0 Å². The summed E-state index contributed by atoms with van der Waals surface area (Å²) < 4.78 is 25.6. The summed E-state index contributed by atoms with van der Waals surface area (Å²) in [5.74, 6) is -0.177. The van der Waals surface area contributed by atoms with E-state index in [1.807, 2.05) is 24.3 Å². The molecule has 7 nitrogen and oxygen atoms in total. The summed E-state index contributed by atoms with van der Waals surface area (Å²) in [6.07, 6.45) is 2.02. The number of rotatable bonds is 7. The molecule has 1 atom stereocenters. The van der Waals surface area contributed by atoms with Crippen LogP contribution in [0.2, 0.25) is 0 Å². The summed E-state index contributed by atoms with van der Waals surface area (Å²) >= 11 is 1.17. The van der Waals surface area contributed by atoms with Crippen LogP contribution >= 0.6 is 11.8 Å². The van der Waals surface area contributed by atoms with Crippen LogP contribution in [-0.2, 0) is 21.2 Å². The Hall–Kier alpha value is -2.91. The Kier molecular flexibility index (Phi) is 6.48. The molecule has 0 N–H and O–H groups in total. The van der Waals surface area contributed by atoms with Crippen molar-refractivity contribution in [1.82, 2.24) is 9.55 Å². The average Bonchev–Trinajstić information content (AvgIpc) is 3.14. The summed E-state index contributed by atoms with van der Waals surface area (Å²) in [6.45, 7) is 3.99. The molecular weight excluding hydrogens is 446 g/mol. The van der Waals surface area contributed by atoms with Gasteiger partial charge in [-0.25, -0.2) is 13.4 Å². The maximum atomic E-state index is 13.3. The zero-order valence-electron chi connectivity index (χ0n) is 17.4. The third-order valence-electron chi connectivity index (χ3n) is 5.34. The Labute approximate surface area is 190 Å². The Morgan fingerprint density at radius 2 is 1.91 bits per heavy atom. The van der Waals surface area contributed by atoms with E-state index in [1.165, 1.54) is 16.3 Å². The second-order valence-corrected chi connectivity index (χ2v) is 10.7. The number of thioether (sulfide) groups is 1. The predicted octanol–water partition coefficient (Wildman–Crippen LogP) is 2.89. The van der Waals surface area contributed by atoms with E-state index < -0.39 is 15.9 Å². The predicted molar refractivity (Wildman–Crippen MR) is 128 cm³/mol. The lowest BCUT2D eigenvalue weighted by Crippen LogP contribution is -2.42. The minimum atomic E-state index is -3.16. The summed E-state index contributed by atoms with van der Waals surface area (Å²) in [5.41, 5.74) is 1.04. The van der Waals surface area contributed by atoms with Crippen molar-refractivity contribution in [1.29, 1.82) is 0 Å². The molecule has 1 unspecified atom stereocenters. The SMILES string of the molecule is C=CCn1c(SCC(=O)N(c2ccccc2)C2CCS(=O)(=O)C2)nc2ccccc2c1=O. The number of benzene rings is 2. The number of carbonyl (C=O) groups excluding carboxylic acids is 1. The minimum Gasteiger partial charge on any atom is -0.308 e. The van der Waals surface area contributed by atoms with E-state index in [9.17, 15) is 18.0 Å². The molecule has 1 fully saturated rings. The highest BCUT2D eigenvalue weighted by atomic mass is 32.2. The van der Waals surface area contributed by atoms with Crippen molar-refractivity contribution < 1.29 is 13.2 Å². The van der Waals surface area contributed by atoms with Gasteiger partial charge in [-0.05, 0) is 30.7 Å². The van der Waals surface area contributed by atoms with Crippen molar-refractivity contribution in [2.45, 2.75) is 24.2 Å². The van der Waals surface area contributed by atoms with Gasteiger partial charge in [0, 0.05) is 12.2 Å². The second-order valence-electron chi connectivity index (χ2n) is 7.56. The lowest BCUT2D eigenvalue weighted by Gasteiger charge is -2.28. The monoisotopic (exact) mass is 469 g/mol. The van der Waals surface area contributed by atoms with E-state index in [-0.39, 0.29) is 35.3 Å². The number of sulfone groups is 1. The lowest BCUT2D eigenvalue weighted by atomic mass is 10.2. The molecule has 0 bridgehead atoms. The van der Waals surface area contributed by atoms with Crippen LogP contribution in [-0.4, -0.2) is 47.2 Å². The van der Waals surface area contributed by atoms with Gasteiger partial charge in [0.25, 0.3) is 5.56 Å². The van der Waals surface area contributed by atoms with Crippen molar-refractivity contribution in [2.75, 3.05) is 22.2 Å². The van der Waals surface area contributed by atoms with Crippen molar-refractivity contribution in [3.8, 4) is 0 Å². The van der Waals surface area contributed by atoms with Gasteiger partial charge in [-0.15, -0.1) is 6.58 Å². The number of aromatic nitrogens is 2. The zero-order chi connectivity index (χ0) is 22.7. The largest absolute Gasteiger partial charge is 0.308 e. The fourth-order valence-electron chi connectivity index (χ4n) is 3.87. The van der Waals surface area contributed by atoms with Gasteiger partial charge >= 0.3 is 0 Å². The van der Waals surface area contributed by atoms with E-state index in [0.717, 1.165) is 0 Å². The number of fused-ring (bicyclic) bond motifs is 1. The van der Waals surface area contributed by atoms with E-state index >= 15 is 0 Å². The number of carbonyl (C=O) groups is 1. The van der Waals surface area contributed by atoms with Crippen LogP contribution in [0.25, 0.3) is 10.9 Å². The van der Waals surface area contributed by atoms with Gasteiger partial charge in [0.05, 0.1) is 34.2 Å². The van der Waals surface area contributed by atoms with Crippen molar-refractivity contribution >= 4 is 44.1 Å². The summed E-state index contributed by atoms with van der Waals surface area (Å²) in [7, 11) is -3.16. The zero-order valence-corrected chi connectivity index (χ0v) is 19.0. The Bertz CT molecular complexity index is 1320. The molecule has 2 heterocycles. The molecule has 1 aromatic heterocycles. The molecule has 166 valence electrons. The normalized spacial score (nSPS) is 17.3. The van der Waals surface area contributed by atoms with Crippen LogP contribution in [0.1, 0.15) is 6.42 Å². The summed E-state index contributed by atoms with van der Waals surface area (Å²) in [6, 6.07) is 15.8. The smallest absolute Gasteiger partial charge is 0.262 e. The maximum Gasteiger partial charge on any atom is 0.262 e. The first-order valence-corrected chi connectivity index (χ1v) is 13.0. The molecule has 0 radical (unpaired) electrons. The molecule has 0 saturated carbocycles. The molecule has 1 aliphatic heterocycles. The molecule has 2 aromatic carbocycles. The quantitative estimate of drug-likeness (QED) is 0.300. The fraction of sp³-hybridized carbons (Fsp3) is 0.261. The summed E-state index contributed by atoms with van der Waals surface area (Å²) in [5, 5.41) is 0.932. The van der Waals surface area contributed by atoms with E-state index in [0.29, 0.717) is 28.2 Å². The van der Waals surface area contributed by atoms with E-state index in [1.54, 1.807) is 41.3 Å². The molecular formula is C23H23N3O4S2. The average molecular weight is 470 g/mol. The van der Waals surface area contributed by atoms with Gasteiger partial charge in [-0.2, -0.15) is 0 Å². The van der Waals surface area contributed by atoms with Crippen molar-refractivity contribution in [3.05, 3.63) is 77.6 Å². The number of anilines is 1.